The van der Waals surface area contributed by atoms with E-state index in [0.717, 1.165) is 30.5 Å². The van der Waals surface area contributed by atoms with Crippen molar-refractivity contribution in [3.05, 3.63) is 10.6 Å². The van der Waals surface area contributed by atoms with Crippen molar-refractivity contribution >= 4 is 28.2 Å². The Morgan fingerprint density at radius 3 is 2.72 bits per heavy atom. The summed E-state index contributed by atoms with van der Waals surface area (Å²) in [6, 6.07) is 0. The van der Waals surface area contributed by atoms with Gasteiger partial charge in [0, 0.05) is 30.8 Å². The van der Waals surface area contributed by atoms with Gasteiger partial charge in [-0.15, -0.1) is 11.3 Å². The van der Waals surface area contributed by atoms with Crippen molar-refractivity contribution in [2.45, 2.75) is 33.2 Å². The van der Waals surface area contributed by atoms with Gasteiger partial charge < -0.3 is 10.2 Å². The molecule has 0 unspecified atom stereocenters. The van der Waals surface area contributed by atoms with Crippen molar-refractivity contribution in [2.75, 3.05) is 37.0 Å². The van der Waals surface area contributed by atoms with Gasteiger partial charge >= 0.3 is 0 Å². The minimum absolute atomic E-state index is 0.498. The second-order valence-corrected chi connectivity index (χ2v) is 6.70. The van der Waals surface area contributed by atoms with Crippen LogP contribution in [0.3, 0.4) is 0 Å². The predicted molar refractivity (Wildman–Crippen MR) is 85.2 cm³/mol. The van der Waals surface area contributed by atoms with E-state index in [-0.39, 0.29) is 0 Å². The lowest BCUT2D eigenvalue weighted by Gasteiger charge is -2.14. The molecule has 0 amide bonds. The van der Waals surface area contributed by atoms with Crippen LogP contribution in [0.5, 0.6) is 0 Å². The number of thioether (sulfide) groups is 1. The van der Waals surface area contributed by atoms with Crippen LogP contribution < -0.4 is 10.2 Å². The zero-order valence-electron chi connectivity index (χ0n) is 12.1. The van der Waals surface area contributed by atoms with Gasteiger partial charge in [-0.25, -0.2) is 4.98 Å². The number of nitrogens with zero attached hydrogens (tertiary/aromatic N) is 2. The summed E-state index contributed by atoms with van der Waals surface area (Å²) in [6.07, 6.45) is 2.14. The monoisotopic (exact) mass is 287 g/mol. The topological polar surface area (TPSA) is 28.2 Å². The maximum atomic E-state index is 4.81. The van der Waals surface area contributed by atoms with E-state index in [4.69, 9.17) is 4.98 Å². The molecule has 0 aromatic carbocycles. The van der Waals surface area contributed by atoms with E-state index >= 15 is 0 Å². The number of rotatable bonds is 8. The van der Waals surface area contributed by atoms with Crippen molar-refractivity contribution in [2.24, 2.45) is 0 Å². The van der Waals surface area contributed by atoms with Gasteiger partial charge in [-0.05, 0) is 18.7 Å². The first-order chi connectivity index (χ1) is 8.60. The Bertz CT molecular complexity index is 350. The molecule has 1 aromatic rings. The van der Waals surface area contributed by atoms with E-state index in [0.29, 0.717) is 5.92 Å². The van der Waals surface area contributed by atoms with Crippen molar-refractivity contribution in [1.82, 2.24) is 10.3 Å². The molecule has 0 aliphatic heterocycles. The molecule has 0 bridgehead atoms. The summed E-state index contributed by atoms with van der Waals surface area (Å²) in [5.74, 6) is 1.65. The van der Waals surface area contributed by atoms with Crippen molar-refractivity contribution < 1.29 is 0 Å². The van der Waals surface area contributed by atoms with Crippen LogP contribution in [0.1, 0.15) is 37.3 Å². The highest BCUT2D eigenvalue weighted by molar-refractivity contribution is 7.98. The molecule has 3 nitrogen and oxygen atoms in total. The minimum atomic E-state index is 0.498. The summed E-state index contributed by atoms with van der Waals surface area (Å²) in [5.41, 5.74) is 1.26. The molecular weight excluding hydrogens is 262 g/mol. The Hall–Kier alpha value is -0.260. The molecular formula is C13H25N3S2. The third-order valence-corrected chi connectivity index (χ3v) is 4.53. The second-order valence-electron chi connectivity index (χ2n) is 4.65. The molecule has 1 rings (SSSR count). The zero-order chi connectivity index (χ0) is 13.5. The summed E-state index contributed by atoms with van der Waals surface area (Å²) in [6.45, 7) is 9.59. The van der Waals surface area contributed by atoms with E-state index in [2.05, 4.69) is 44.3 Å². The molecule has 0 spiro atoms. The van der Waals surface area contributed by atoms with Gasteiger partial charge in [0.05, 0.1) is 5.69 Å². The highest BCUT2D eigenvalue weighted by Gasteiger charge is 2.15. The smallest absolute Gasteiger partial charge is 0.185 e. The van der Waals surface area contributed by atoms with Gasteiger partial charge in [-0.3, -0.25) is 0 Å². The van der Waals surface area contributed by atoms with Crippen LogP contribution in [-0.2, 0) is 6.54 Å². The Kier molecular flexibility index (Phi) is 7.04. The predicted octanol–water partition coefficient (Wildman–Crippen LogP) is 3.18. The molecule has 0 radical (unpaired) electrons. The van der Waals surface area contributed by atoms with Crippen molar-refractivity contribution in [3.63, 3.8) is 0 Å². The molecule has 1 aromatic heterocycles. The molecule has 1 heterocycles. The van der Waals surface area contributed by atoms with Crippen LogP contribution in [0, 0.1) is 0 Å². The molecule has 0 fully saturated rings. The fourth-order valence-electron chi connectivity index (χ4n) is 1.65. The first kappa shape index (κ1) is 15.8. The van der Waals surface area contributed by atoms with Gasteiger partial charge in [0.2, 0.25) is 0 Å². The maximum Gasteiger partial charge on any atom is 0.185 e. The molecule has 0 aliphatic rings. The number of nitrogens with one attached hydrogen (secondary N) is 1. The maximum absolute atomic E-state index is 4.81. The molecule has 5 heteroatoms. The highest BCUT2D eigenvalue weighted by atomic mass is 32.2. The summed E-state index contributed by atoms with van der Waals surface area (Å²) in [4.78, 5) is 8.46. The molecule has 0 saturated carbocycles. The summed E-state index contributed by atoms with van der Waals surface area (Å²) in [5, 5.41) is 4.56. The standard InChI is InChI=1S/C13H25N3S2/c1-6-14-9-11-12(10(2)3)15-13(18-11)16(4)7-8-17-5/h10,14H,6-9H2,1-5H3. The van der Waals surface area contributed by atoms with Gasteiger partial charge in [0.15, 0.2) is 5.13 Å². The Morgan fingerprint density at radius 2 is 2.17 bits per heavy atom. The van der Waals surface area contributed by atoms with E-state index in [9.17, 15) is 0 Å². The summed E-state index contributed by atoms with van der Waals surface area (Å²) in [7, 11) is 2.14. The first-order valence-electron chi connectivity index (χ1n) is 6.50. The molecule has 1 N–H and O–H groups in total. The van der Waals surface area contributed by atoms with Crippen LogP contribution in [0.25, 0.3) is 0 Å². The lowest BCUT2D eigenvalue weighted by Crippen LogP contribution is -2.19. The van der Waals surface area contributed by atoms with Crippen LogP contribution in [-0.4, -0.2) is 37.1 Å². The number of aromatic nitrogens is 1. The fourth-order valence-corrected chi connectivity index (χ4v) is 3.28. The second kappa shape index (κ2) is 8.02. The Balaban J connectivity index is 2.80. The van der Waals surface area contributed by atoms with Gasteiger partial charge in [0.25, 0.3) is 0 Å². The van der Waals surface area contributed by atoms with E-state index in [1.54, 1.807) is 0 Å². The zero-order valence-corrected chi connectivity index (χ0v) is 13.7. The highest BCUT2D eigenvalue weighted by Crippen LogP contribution is 2.30. The molecule has 0 saturated heterocycles. The molecule has 0 aliphatic carbocycles. The Morgan fingerprint density at radius 1 is 1.44 bits per heavy atom. The fraction of sp³-hybridized carbons (Fsp3) is 0.769. The third-order valence-electron chi connectivity index (χ3n) is 2.76. The lowest BCUT2D eigenvalue weighted by atomic mass is 10.1. The SMILES string of the molecule is CCNCc1sc(N(C)CCSC)nc1C(C)C. The summed E-state index contributed by atoms with van der Waals surface area (Å²) >= 11 is 3.71. The average Bonchev–Trinajstić information content (AvgIpc) is 2.77. The summed E-state index contributed by atoms with van der Waals surface area (Å²) < 4.78 is 0. The van der Waals surface area contributed by atoms with Crippen LogP contribution in [0.2, 0.25) is 0 Å². The Labute approximate surface area is 119 Å². The van der Waals surface area contributed by atoms with Gasteiger partial charge in [0.1, 0.15) is 0 Å². The molecule has 104 valence electrons. The van der Waals surface area contributed by atoms with E-state index < -0.39 is 0 Å². The van der Waals surface area contributed by atoms with Crippen molar-refractivity contribution in [1.29, 1.82) is 0 Å². The van der Waals surface area contributed by atoms with E-state index in [1.807, 2.05) is 23.1 Å². The molecule has 0 atom stereocenters. The first-order valence-corrected chi connectivity index (χ1v) is 8.71. The van der Waals surface area contributed by atoms with Crippen LogP contribution >= 0.6 is 23.1 Å². The van der Waals surface area contributed by atoms with Crippen molar-refractivity contribution in [3.8, 4) is 0 Å². The average molecular weight is 287 g/mol. The third kappa shape index (κ3) is 4.44. The lowest BCUT2D eigenvalue weighted by molar-refractivity contribution is 0.714. The quantitative estimate of drug-likeness (QED) is 0.795. The largest absolute Gasteiger partial charge is 0.350 e. The number of thiazole rings is 1. The molecule has 18 heavy (non-hydrogen) atoms. The van der Waals surface area contributed by atoms with E-state index in [1.165, 1.54) is 10.6 Å². The number of hydrogen-bond donors (Lipinski definition) is 1. The van der Waals surface area contributed by atoms with Crippen LogP contribution in [0.15, 0.2) is 0 Å². The minimum Gasteiger partial charge on any atom is -0.350 e. The van der Waals surface area contributed by atoms with Gasteiger partial charge in [-0.2, -0.15) is 11.8 Å². The van der Waals surface area contributed by atoms with Crippen LogP contribution in [0.4, 0.5) is 5.13 Å². The van der Waals surface area contributed by atoms with Gasteiger partial charge in [-0.1, -0.05) is 20.8 Å². The number of hydrogen-bond acceptors (Lipinski definition) is 5. The normalized spacial score (nSPS) is 11.2. The number of anilines is 1.